The van der Waals surface area contributed by atoms with Crippen LogP contribution >= 0.6 is 15.9 Å². The van der Waals surface area contributed by atoms with Gasteiger partial charge in [0, 0.05) is 36.0 Å². The molecular weight excluding hydrogens is 314 g/mol. The zero-order chi connectivity index (χ0) is 13.8. The van der Waals surface area contributed by atoms with E-state index in [0.29, 0.717) is 5.92 Å². The molecule has 1 fully saturated rings. The van der Waals surface area contributed by atoms with Crippen molar-refractivity contribution in [2.75, 3.05) is 29.9 Å². The van der Waals surface area contributed by atoms with Gasteiger partial charge in [-0.2, -0.15) is 0 Å². The summed E-state index contributed by atoms with van der Waals surface area (Å²) < 4.78 is 1.01. The van der Waals surface area contributed by atoms with E-state index in [2.05, 4.69) is 61.5 Å². The van der Waals surface area contributed by atoms with Crippen molar-refractivity contribution in [2.24, 2.45) is 5.92 Å². The van der Waals surface area contributed by atoms with Crippen LogP contribution in [0, 0.1) is 5.92 Å². The lowest BCUT2D eigenvalue weighted by molar-refractivity contribution is 0.621. The lowest BCUT2D eigenvalue weighted by Gasteiger charge is -2.18. The van der Waals surface area contributed by atoms with E-state index in [4.69, 9.17) is 0 Å². The molecule has 3 nitrogen and oxygen atoms in total. The van der Waals surface area contributed by atoms with Crippen molar-refractivity contribution in [3.8, 4) is 0 Å². The summed E-state index contributed by atoms with van der Waals surface area (Å²) in [7, 11) is 0. The molecule has 1 aromatic carbocycles. The van der Waals surface area contributed by atoms with E-state index in [-0.39, 0.29) is 0 Å². The van der Waals surface area contributed by atoms with Crippen LogP contribution in [-0.2, 0) is 0 Å². The lowest BCUT2D eigenvalue weighted by Crippen LogP contribution is -2.22. The zero-order valence-electron chi connectivity index (χ0n) is 11.3. The van der Waals surface area contributed by atoms with Crippen LogP contribution in [0.25, 0.3) is 0 Å². The molecule has 3 rings (SSSR count). The van der Waals surface area contributed by atoms with Crippen molar-refractivity contribution in [3.63, 3.8) is 0 Å². The average molecular weight is 332 g/mol. The number of para-hydroxylation sites is 1. The highest BCUT2D eigenvalue weighted by atomic mass is 79.9. The van der Waals surface area contributed by atoms with Crippen LogP contribution in [0.4, 0.5) is 11.5 Å². The molecule has 1 atom stereocenters. The van der Waals surface area contributed by atoms with Gasteiger partial charge in [0.1, 0.15) is 5.82 Å². The largest absolute Gasteiger partial charge is 0.371 e. The summed E-state index contributed by atoms with van der Waals surface area (Å²) in [5, 5.41) is 3.43. The SMILES string of the molecule is Brc1ccc(NCC2CCN(c3ccccc3)C2)nc1. The summed E-state index contributed by atoms with van der Waals surface area (Å²) in [6, 6.07) is 14.7. The standard InChI is InChI=1S/C16H18BrN3/c17-14-6-7-16(19-11-14)18-10-13-8-9-20(12-13)15-4-2-1-3-5-15/h1-7,11,13H,8-10,12H2,(H,18,19). The predicted molar refractivity (Wildman–Crippen MR) is 87.2 cm³/mol. The number of pyridine rings is 1. The third kappa shape index (κ3) is 3.31. The minimum absolute atomic E-state index is 0.681. The number of aromatic nitrogens is 1. The van der Waals surface area contributed by atoms with Gasteiger partial charge in [-0.1, -0.05) is 18.2 Å². The van der Waals surface area contributed by atoms with Gasteiger partial charge < -0.3 is 10.2 Å². The Hall–Kier alpha value is -1.55. The first-order chi connectivity index (χ1) is 9.81. The monoisotopic (exact) mass is 331 g/mol. The van der Waals surface area contributed by atoms with Crippen molar-refractivity contribution in [2.45, 2.75) is 6.42 Å². The van der Waals surface area contributed by atoms with Gasteiger partial charge in [-0.25, -0.2) is 4.98 Å². The van der Waals surface area contributed by atoms with E-state index in [1.807, 2.05) is 18.3 Å². The third-order valence-corrected chi connectivity index (χ3v) is 4.18. The first-order valence-electron chi connectivity index (χ1n) is 6.97. The fraction of sp³-hybridized carbons (Fsp3) is 0.312. The Balaban J connectivity index is 1.52. The van der Waals surface area contributed by atoms with Gasteiger partial charge in [-0.05, 0) is 52.5 Å². The molecule has 0 spiro atoms. The molecule has 1 N–H and O–H groups in total. The highest BCUT2D eigenvalue weighted by molar-refractivity contribution is 9.10. The smallest absolute Gasteiger partial charge is 0.125 e. The maximum atomic E-state index is 4.34. The summed E-state index contributed by atoms with van der Waals surface area (Å²) in [4.78, 5) is 6.80. The van der Waals surface area contributed by atoms with Gasteiger partial charge in [0.2, 0.25) is 0 Å². The Kier molecular flexibility index (Phi) is 4.21. The lowest BCUT2D eigenvalue weighted by atomic mass is 10.1. The Labute approximate surface area is 128 Å². The summed E-state index contributed by atoms with van der Waals surface area (Å²) >= 11 is 3.40. The number of nitrogens with zero attached hydrogens (tertiary/aromatic N) is 2. The molecule has 1 unspecified atom stereocenters. The van der Waals surface area contributed by atoms with Crippen LogP contribution < -0.4 is 10.2 Å². The second-order valence-electron chi connectivity index (χ2n) is 5.18. The van der Waals surface area contributed by atoms with Gasteiger partial charge in [0.05, 0.1) is 0 Å². The Morgan fingerprint density at radius 2 is 2.05 bits per heavy atom. The van der Waals surface area contributed by atoms with Crippen LogP contribution in [-0.4, -0.2) is 24.6 Å². The summed E-state index contributed by atoms with van der Waals surface area (Å²) in [5.74, 6) is 1.63. The number of anilines is 2. The molecule has 0 bridgehead atoms. The molecule has 1 aliphatic heterocycles. The van der Waals surface area contributed by atoms with Gasteiger partial charge in [0.25, 0.3) is 0 Å². The number of hydrogen-bond acceptors (Lipinski definition) is 3. The van der Waals surface area contributed by atoms with Crippen molar-refractivity contribution >= 4 is 27.4 Å². The molecule has 1 aromatic heterocycles. The number of hydrogen-bond donors (Lipinski definition) is 1. The summed E-state index contributed by atoms with van der Waals surface area (Å²) in [6.45, 7) is 3.25. The molecule has 1 aliphatic rings. The number of halogens is 1. The number of rotatable bonds is 4. The zero-order valence-corrected chi connectivity index (χ0v) is 12.9. The minimum atomic E-state index is 0.681. The van der Waals surface area contributed by atoms with Crippen LogP contribution in [0.2, 0.25) is 0 Å². The molecular formula is C16H18BrN3. The molecule has 4 heteroatoms. The Morgan fingerprint density at radius 3 is 2.80 bits per heavy atom. The van der Waals surface area contributed by atoms with Gasteiger partial charge >= 0.3 is 0 Å². The quantitative estimate of drug-likeness (QED) is 0.923. The minimum Gasteiger partial charge on any atom is -0.371 e. The van der Waals surface area contributed by atoms with Crippen LogP contribution in [0.15, 0.2) is 53.1 Å². The van der Waals surface area contributed by atoms with E-state index in [9.17, 15) is 0 Å². The van der Waals surface area contributed by atoms with Crippen molar-refractivity contribution in [3.05, 3.63) is 53.1 Å². The first kappa shape index (κ1) is 13.4. The van der Waals surface area contributed by atoms with E-state index >= 15 is 0 Å². The molecule has 0 radical (unpaired) electrons. The van der Waals surface area contributed by atoms with Crippen LogP contribution in [0.5, 0.6) is 0 Å². The van der Waals surface area contributed by atoms with Crippen LogP contribution in [0.1, 0.15) is 6.42 Å². The molecule has 2 heterocycles. The van der Waals surface area contributed by atoms with E-state index in [0.717, 1.165) is 29.9 Å². The summed E-state index contributed by atoms with van der Waals surface area (Å²) in [5.41, 5.74) is 1.33. The normalized spacial score (nSPS) is 18.2. The molecule has 2 aromatic rings. The average Bonchev–Trinajstić information content (AvgIpc) is 2.97. The van der Waals surface area contributed by atoms with Crippen molar-refractivity contribution in [1.82, 2.24) is 4.98 Å². The van der Waals surface area contributed by atoms with Crippen molar-refractivity contribution in [1.29, 1.82) is 0 Å². The second-order valence-corrected chi connectivity index (χ2v) is 6.09. The van der Waals surface area contributed by atoms with Crippen molar-refractivity contribution < 1.29 is 0 Å². The molecule has 20 heavy (non-hydrogen) atoms. The summed E-state index contributed by atoms with van der Waals surface area (Å²) in [6.07, 6.45) is 3.06. The Morgan fingerprint density at radius 1 is 1.20 bits per heavy atom. The van der Waals surface area contributed by atoms with Gasteiger partial charge in [0.15, 0.2) is 0 Å². The maximum absolute atomic E-state index is 4.34. The molecule has 104 valence electrons. The maximum Gasteiger partial charge on any atom is 0.125 e. The first-order valence-corrected chi connectivity index (χ1v) is 7.76. The van der Waals surface area contributed by atoms with Gasteiger partial charge in [-0.3, -0.25) is 0 Å². The topological polar surface area (TPSA) is 28.2 Å². The fourth-order valence-corrected chi connectivity index (χ4v) is 2.84. The fourth-order valence-electron chi connectivity index (χ4n) is 2.60. The van der Waals surface area contributed by atoms with E-state index in [1.165, 1.54) is 12.1 Å². The molecule has 0 aliphatic carbocycles. The number of nitrogens with one attached hydrogen (secondary N) is 1. The van der Waals surface area contributed by atoms with E-state index < -0.39 is 0 Å². The van der Waals surface area contributed by atoms with Crippen LogP contribution in [0.3, 0.4) is 0 Å². The highest BCUT2D eigenvalue weighted by Gasteiger charge is 2.22. The highest BCUT2D eigenvalue weighted by Crippen LogP contribution is 2.23. The Bertz CT molecular complexity index is 541. The van der Waals surface area contributed by atoms with E-state index in [1.54, 1.807) is 0 Å². The second kappa shape index (κ2) is 6.27. The van der Waals surface area contributed by atoms with Gasteiger partial charge in [-0.15, -0.1) is 0 Å². The predicted octanol–water partition coefficient (Wildman–Crippen LogP) is 3.78. The third-order valence-electron chi connectivity index (χ3n) is 3.71. The molecule has 1 saturated heterocycles. The number of benzene rings is 1. The molecule has 0 amide bonds. The molecule has 0 saturated carbocycles.